The van der Waals surface area contributed by atoms with Crippen LogP contribution in [0.25, 0.3) is 0 Å². The van der Waals surface area contributed by atoms with Crippen LogP contribution in [-0.2, 0) is 11.8 Å². The van der Waals surface area contributed by atoms with Crippen molar-refractivity contribution in [1.82, 2.24) is 4.90 Å². The van der Waals surface area contributed by atoms with Gasteiger partial charge >= 0.3 is 0 Å². The van der Waals surface area contributed by atoms with Gasteiger partial charge in [0.1, 0.15) is 0 Å². The molecule has 0 N–H and O–H groups in total. The molecule has 0 aromatic heterocycles. The number of allylic oxidation sites excluding steroid dienone is 1. The zero-order chi connectivity index (χ0) is 15.6. The molecule has 1 aliphatic heterocycles. The van der Waals surface area contributed by atoms with Crippen molar-refractivity contribution in [2.75, 3.05) is 13.1 Å². The maximum absolute atomic E-state index is 4.16. The third-order valence-electron chi connectivity index (χ3n) is 4.49. The van der Waals surface area contributed by atoms with Gasteiger partial charge in [0.2, 0.25) is 0 Å². The molecule has 1 aromatic rings. The molecule has 0 radical (unpaired) electrons. The van der Waals surface area contributed by atoms with Gasteiger partial charge in [-0.15, -0.1) is 0 Å². The number of rotatable bonds is 4. The summed E-state index contributed by atoms with van der Waals surface area (Å²) in [5, 5.41) is 0. The van der Waals surface area contributed by atoms with Gasteiger partial charge in [-0.05, 0) is 47.8 Å². The van der Waals surface area contributed by atoms with Crippen molar-refractivity contribution < 1.29 is 0 Å². The molecule has 0 bridgehead atoms. The van der Waals surface area contributed by atoms with Crippen LogP contribution in [0.2, 0.25) is 0 Å². The number of likely N-dealkylation sites (tertiary alicyclic amines) is 1. The Kier molecular flexibility index (Phi) is 4.61. The Bertz CT molecular complexity index is 533. The first kappa shape index (κ1) is 15.9. The lowest BCUT2D eigenvalue weighted by molar-refractivity contribution is 0.410. The van der Waals surface area contributed by atoms with Crippen molar-refractivity contribution in [2.45, 2.75) is 46.0 Å². The zero-order valence-electron chi connectivity index (χ0n) is 14.1. The Hall–Kier alpha value is -1.50. The quantitative estimate of drug-likeness (QED) is 0.708. The lowest BCUT2D eigenvalue weighted by Crippen LogP contribution is -2.21. The predicted molar refractivity (Wildman–Crippen MR) is 92.5 cm³/mol. The average Bonchev–Trinajstić information content (AvgIpc) is 2.85. The molecule has 1 aromatic carbocycles. The summed E-state index contributed by atoms with van der Waals surface area (Å²) in [6, 6.07) is 8.92. The minimum Gasteiger partial charge on any atom is -0.372 e. The summed E-state index contributed by atoms with van der Waals surface area (Å²) < 4.78 is 0. The fourth-order valence-electron chi connectivity index (χ4n) is 3.26. The Morgan fingerprint density at radius 1 is 1.24 bits per heavy atom. The zero-order valence-corrected chi connectivity index (χ0v) is 14.1. The highest BCUT2D eigenvalue weighted by atomic mass is 15.2. The van der Waals surface area contributed by atoms with Crippen LogP contribution in [0.5, 0.6) is 0 Å². The van der Waals surface area contributed by atoms with Gasteiger partial charge in [-0.3, -0.25) is 0 Å². The Balaban J connectivity index is 2.08. The molecule has 0 saturated carbocycles. The van der Waals surface area contributed by atoms with Crippen LogP contribution >= 0.6 is 0 Å². The summed E-state index contributed by atoms with van der Waals surface area (Å²) in [5.74, 6) is 0.726. The summed E-state index contributed by atoms with van der Waals surface area (Å²) in [6.07, 6.45) is 2.43. The van der Waals surface area contributed by atoms with E-state index in [2.05, 4.69) is 63.1 Å². The summed E-state index contributed by atoms with van der Waals surface area (Å²) in [5.41, 5.74) is 5.42. The van der Waals surface area contributed by atoms with Gasteiger partial charge in [-0.2, -0.15) is 0 Å². The summed E-state index contributed by atoms with van der Waals surface area (Å²) >= 11 is 0. The van der Waals surface area contributed by atoms with E-state index in [1.807, 2.05) is 6.92 Å². The van der Waals surface area contributed by atoms with E-state index in [0.29, 0.717) is 0 Å². The maximum Gasteiger partial charge on any atom is 0.0317 e. The van der Waals surface area contributed by atoms with Gasteiger partial charge in [-0.1, -0.05) is 58.2 Å². The molecular weight excluding hydrogens is 254 g/mol. The van der Waals surface area contributed by atoms with Crippen molar-refractivity contribution >= 4 is 0 Å². The molecule has 1 nitrogen and oxygen atoms in total. The molecule has 0 spiro atoms. The van der Waals surface area contributed by atoms with Gasteiger partial charge in [0.15, 0.2) is 0 Å². The Morgan fingerprint density at radius 2 is 1.90 bits per heavy atom. The largest absolute Gasteiger partial charge is 0.372 e. The number of benzene rings is 1. The van der Waals surface area contributed by atoms with Crippen LogP contribution in [0.15, 0.2) is 48.7 Å². The van der Waals surface area contributed by atoms with Crippen LogP contribution in [0.3, 0.4) is 0 Å². The first-order chi connectivity index (χ1) is 9.79. The molecule has 1 heterocycles. The van der Waals surface area contributed by atoms with E-state index in [0.717, 1.165) is 30.3 Å². The molecule has 1 aliphatic rings. The second-order valence-corrected chi connectivity index (χ2v) is 7.44. The summed E-state index contributed by atoms with van der Waals surface area (Å²) in [4.78, 5) is 2.40. The first-order valence-corrected chi connectivity index (χ1v) is 7.97. The normalized spacial score (nSPS) is 18.9. The molecule has 1 saturated heterocycles. The van der Waals surface area contributed by atoms with Crippen LogP contribution in [0.1, 0.15) is 45.2 Å². The Morgan fingerprint density at radius 3 is 2.52 bits per heavy atom. The fourth-order valence-corrected chi connectivity index (χ4v) is 3.26. The highest BCUT2D eigenvalue weighted by molar-refractivity contribution is 5.33. The second-order valence-electron chi connectivity index (χ2n) is 7.44. The van der Waals surface area contributed by atoms with E-state index < -0.39 is 0 Å². The van der Waals surface area contributed by atoms with Crippen molar-refractivity contribution in [3.8, 4) is 0 Å². The predicted octanol–water partition coefficient (Wildman–Crippen LogP) is 4.94. The van der Waals surface area contributed by atoms with E-state index in [4.69, 9.17) is 0 Å². The standard InChI is InChI=1S/C20H29N/c1-15(2)16(3)21-12-11-17(14-21)13-18-9-7-8-10-19(18)20(4,5)6/h7-10,17H,1,3,11-14H2,2,4-6H3. The average molecular weight is 283 g/mol. The highest BCUT2D eigenvalue weighted by Gasteiger charge is 2.26. The van der Waals surface area contributed by atoms with Crippen LogP contribution in [0.4, 0.5) is 0 Å². The monoisotopic (exact) mass is 283 g/mol. The van der Waals surface area contributed by atoms with E-state index in [1.165, 1.54) is 24.0 Å². The minimum absolute atomic E-state index is 0.218. The van der Waals surface area contributed by atoms with Gasteiger partial charge in [-0.25, -0.2) is 0 Å². The van der Waals surface area contributed by atoms with E-state index >= 15 is 0 Å². The molecule has 1 heteroatoms. The van der Waals surface area contributed by atoms with E-state index in [-0.39, 0.29) is 5.41 Å². The molecule has 21 heavy (non-hydrogen) atoms. The smallest absolute Gasteiger partial charge is 0.0317 e. The SMILES string of the molecule is C=C(C)C(=C)N1CCC(Cc2ccccc2C(C)(C)C)C1. The van der Waals surface area contributed by atoms with Gasteiger partial charge in [0, 0.05) is 18.8 Å². The van der Waals surface area contributed by atoms with E-state index in [1.54, 1.807) is 0 Å². The maximum atomic E-state index is 4.16. The lowest BCUT2D eigenvalue weighted by atomic mass is 9.81. The lowest BCUT2D eigenvalue weighted by Gasteiger charge is -2.25. The molecule has 1 atom stereocenters. The molecule has 2 rings (SSSR count). The molecular formula is C20H29N. The van der Waals surface area contributed by atoms with Crippen molar-refractivity contribution in [2.24, 2.45) is 5.92 Å². The number of nitrogens with zero attached hydrogens (tertiary/aromatic N) is 1. The van der Waals surface area contributed by atoms with Crippen molar-refractivity contribution in [3.05, 3.63) is 59.8 Å². The summed E-state index contributed by atoms with van der Waals surface area (Å²) in [6.45, 7) is 19.4. The Labute approximate surface area is 130 Å². The molecule has 0 aliphatic carbocycles. The topological polar surface area (TPSA) is 3.24 Å². The van der Waals surface area contributed by atoms with Crippen molar-refractivity contribution in [1.29, 1.82) is 0 Å². The minimum atomic E-state index is 0.218. The second kappa shape index (κ2) is 6.09. The number of hydrogen-bond donors (Lipinski definition) is 0. The van der Waals surface area contributed by atoms with Gasteiger partial charge in [0.05, 0.1) is 0 Å². The molecule has 114 valence electrons. The molecule has 1 fully saturated rings. The molecule has 0 amide bonds. The van der Waals surface area contributed by atoms with E-state index in [9.17, 15) is 0 Å². The van der Waals surface area contributed by atoms with Crippen LogP contribution in [0, 0.1) is 5.92 Å². The van der Waals surface area contributed by atoms with Crippen LogP contribution < -0.4 is 0 Å². The van der Waals surface area contributed by atoms with Crippen LogP contribution in [-0.4, -0.2) is 18.0 Å². The highest BCUT2D eigenvalue weighted by Crippen LogP contribution is 2.30. The third kappa shape index (κ3) is 3.78. The fraction of sp³-hybridized carbons (Fsp3) is 0.500. The third-order valence-corrected chi connectivity index (χ3v) is 4.49. The van der Waals surface area contributed by atoms with Crippen molar-refractivity contribution in [3.63, 3.8) is 0 Å². The van der Waals surface area contributed by atoms with Gasteiger partial charge in [0.25, 0.3) is 0 Å². The summed E-state index contributed by atoms with van der Waals surface area (Å²) in [7, 11) is 0. The number of hydrogen-bond acceptors (Lipinski definition) is 1. The van der Waals surface area contributed by atoms with Gasteiger partial charge < -0.3 is 4.90 Å². The first-order valence-electron chi connectivity index (χ1n) is 7.97. The molecule has 1 unspecified atom stereocenters.